The molecule has 0 aliphatic rings. The fraction of sp³-hybridized carbons (Fsp3) is 0.176. The first-order valence-corrected chi connectivity index (χ1v) is 7.11. The van der Waals surface area contributed by atoms with Crippen molar-refractivity contribution in [2.24, 2.45) is 0 Å². The molecule has 0 spiro atoms. The number of rotatable bonds is 4. The molecule has 22 heavy (non-hydrogen) atoms. The monoisotopic (exact) mass is 297 g/mol. The Labute approximate surface area is 127 Å². The molecule has 1 N–H and O–H groups in total. The Morgan fingerprint density at radius 1 is 1.23 bits per heavy atom. The number of carbonyl (C=O) groups is 1. The van der Waals surface area contributed by atoms with Gasteiger partial charge in [0, 0.05) is 24.0 Å². The van der Waals surface area contributed by atoms with E-state index in [-0.39, 0.29) is 11.7 Å². The van der Waals surface area contributed by atoms with E-state index >= 15 is 0 Å². The molecule has 0 aliphatic carbocycles. The summed E-state index contributed by atoms with van der Waals surface area (Å²) in [5.74, 6) is -0.420. The zero-order chi connectivity index (χ0) is 15.5. The standard InChI is InChI=1S/C17H16FN3O/c1-12-15(21-11-3-2-4-16(21)19-12)9-10-17(22)20-14-7-5-13(18)6-8-14/h2-8,11H,9-10H2,1H3,(H,20,22). The fourth-order valence-electron chi connectivity index (χ4n) is 2.45. The van der Waals surface area contributed by atoms with E-state index in [1.165, 1.54) is 12.1 Å². The van der Waals surface area contributed by atoms with Crippen LogP contribution in [0, 0.1) is 12.7 Å². The van der Waals surface area contributed by atoms with Crippen LogP contribution in [0.3, 0.4) is 0 Å². The molecule has 4 nitrogen and oxygen atoms in total. The number of nitrogens with zero attached hydrogens (tertiary/aromatic N) is 2. The molecule has 1 amide bonds. The lowest BCUT2D eigenvalue weighted by Crippen LogP contribution is -2.13. The minimum absolute atomic E-state index is 0.100. The van der Waals surface area contributed by atoms with Gasteiger partial charge < -0.3 is 9.72 Å². The lowest BCUT2D eigenvalue weighted by molar-refractivity contribution is -0.116. The van der Waals surface area contributed by atoms with Crippen molar-refractivity contribution in [2.75, 3.05) is 5.32 Å². The number of pyridine rings is 1. The Morgan fingerprint density at radius 3 is 2.77 bits per heavy atom. The highest BCUT2D eigenvalue weighted by molar-refractivity contribution is 5.90. The Balaban J connectivity index is 1.67. The molecule has 3 rings (SSSR count). The summed E-state index contributed by atoms with van der Waals surface area (Å²) < 4.78 is 14.8. The number of amides is 1. The van der Waals surface area contributed by atoms with Crippen LogP contribution in [0.25, 0.3) is 5.65 Å². The maximum absolute atomic E-state index is 12.8. The SMILES string of the molecule is Cc1nc2ccccn2c1CCC(=O)Nc1ccc(F)cc1. The second-order valence-corrected chi connectivity index (χ2v) is 5.13. The van der Waals surface area contributed by atoms with Crippen molar-refractivity contribution < 1.29 is 9.18 Å². The molecule has 0 fully saturated rings. The van der Waals surface area contributed by atoms with E-state index in [0.29, 0.717) is 18.5 Å². The van der Waals surface area contributed by atoms with E-state index in [9.17, 15) is 9.18 Å². The molecule has 3 aromatic rings. The van der Waals surface area contributed by atoms with Crippen molar-refractivity contribution in [1.29, 1.82) is 0 Å². The van der Waals surface area contributed by atoms with Crippen LogP contribution >= 0.6 is 0 Å². The average molecular weight is 297 g/mol. The molecule has 0 radical (unpaired) electrons. The molecule has 2 heterocycles. The van der Waals surface area contributed by atoms with E-state index in [1.807, 2.05) is 35.7 Å². The molecule has 0 saturated heterocycles. The second kappa shape index (κ2) is 5.97. The number of hydrogen-bond acceptors (Lipinski definition) is 2. The van der Waals surface area contributed by atoms with Crippen LogP contribution in [0.4, 0.5) is 10.1 Å². The van der Waals surface area contributed by atoms with Crippen LogP contribution in [0.1, 0.15) is 17.8 Å². The van der Waals surface area contributed by atoms with Crippen LogP contribution in [0.15, 0.2) is 48.7 Å². The number of imidazole rings is 1. The van der Waals surface area contributed by atoms with Crippen LogP contribution in [0.5, 0.6) is 0 Å². The molecule has 5 heteroatoms. The molecule has 0 unspecified atom stereocenters. The van der Waals surface area contributed by atoms with Gasteiger partial charge in [0.2, 0.25) is 5.91 Å². The first-order chi connectivity index (χ1) is 10.6. The van der Waals surface area contributed by atoms with Crippen LogP contribution in [-0.2, 0) is 11.2 Å². The third-order valence-electron chi connectivity index (χ3n) is 3.55. The number of benzene rings is 1. The van der Waals surface area contributed by atoms with E-state index in [0.717, 1.165) is 17.0 Å². The van der Waals surface area contributed by atoms with E-state index in [4.69, 9.17) is 0 Å². The summed E-state index contributed by atoms with van der Waals surface area (Å²) in [6.45, 7) is 1.94. The number of nitrogens with one attached hydrogen (secondary N) is 1. The Bertz CT molecular complexity index is 808. The second-order valence-electron chi connectivity index (χ2n) is 5.13. The van der Waals surface area contributed by atoms with Gasteiger partial charge in [-0.25, -0.2) is 9.37 Å². The Hall–Kier alpha value is -2.69. The Morgan fingerprint density at radius 2 is 2.00 bits per heavy atom. The number of halogens is 1. The van der Waals surface area contributed by atoms with Crippen molar-refractivity contribution in [3.8, 4) is 0 Å². The van der Waals surface area contributed by atoms with Gasteiger partial charge in [-0.3, -0.25) is 4.79 Å². The summed E-state index contributed by atoms with van der Waals surface area (Å²) in [4.78, 5) is 16.5. The van der Waals surface area contributed by atoms with Gasteiger partial charge in [-0.05, 0) is 49.7 Å². The molecule has 0 bridgehead atoms. The third-order valence-corrected chi connectivity index (χ3v) is 3.55. The van der Waals surface area contributed by atoms with Gasteiger partial charge in [0.05, 0.1) is 5.69 Å². The van der Waals surface area contributed by atoms with Crippen molar-refractivity contribution in [2.45, 2.75) is 19.8 Å². The van der Waals surface area contributed by atoms with Gasteiger partial charge in [0.15, 0.2) is 0 Å². The van der Waals surface area contributed by atoms with Crippen molar-refractivity contribution in [3.05, 3.63) is 65.9 Å². The quantitative estimate of drug-likeness (QED) is 0.802. The molecular formula is C17H16FN3O. The summed E-state index contributed by atoms with van der Waals surface area (Å²) in [5.41, 5.74) is 3.45. The molecule has 2 aromatic heterocycles. The van der Waals surface area contributed by atoms with Crippen molar-refractivity contribution in [1.82, 2.24) is 9.38 Å². The highest BCUT2D eigenvalue weighted by Gasteiger charge is 2.10. The zero-order valence-corrected chi connectivity index (χ0v) is 12.2. The smallest absolute Gasteiger partial charge is 0.224 e. The van der Waals surface area contributed by atoms with Gasteiger partial charge in [-0.1, -0.05) is 6.07 Å². The predicted octanol–water partition coefficient (Wildman–Crippen LogP) is 3.35. The number of fused-ring (bicyclic) bond motifs is 1. The van der Waals surface area contributed by atoms with Gasteiger partial charge >= 0.3 is 0 Å². The summed E-state index contributed by atoms with van der Waals surface area (Å²) in [6, 6.07) is 11.6. The minimum Gasteiger partial charge on any atom is -0.326 e. The van der Waals surface area contributed by atoms with Crippen molar-refractivity contribution in [3.63, 3.8) is 0 Å². The van der Waals surface area contributed by atoms with Gasteiger partial charge in [0.1, 0.15) is 11.5 Å². The third kappa shape index (κ3) is 2.98. The lowest BCUT2D eigenvalue weighted by Gasteiger charge is -2.06. The van der Waals surface area contributed by atoms with E-state index in [2.05, 4.69) is 10.3 Å². The van der Waals surface area contributed by atoms with Crippen LogP contribution in [-0.4, -0.2) is 15.3 Å². The number of aromatic nitrogens is 2. The maximum atomic E-state index is 12.8. The van der Waals surface area contributed by atoms with Gasteiger partial charge in [-0.2, -0.15) is 0 Å². The average Bonchev–Trinajstić information content (AvgIpc) is 2.83. The largest absolute Gasteiger partial charge is 0.326 e. The highest BCUT2D eigenvalue weighted by atomic mass is 19.1. The van der Waals surface area contributed by atoms with Crippen LogP contribution in [0.2, 0.25) is 0 Å². The van der Waals surface area contributed by atoms with Crippen molar-refractivity contribution >= 4 is 17.2 Å². The molecule has 0 aliphatic heterocycles. The summed E-state index contributed by atoms with van der Waals surface area (Å²) in [5, 5.41) is 2.76. The summed E-state index contributed by atoms with van der Waals surface area (Å²) in [6.07, 6.45) is 2.90. The maximum Gasteiger partial charge on any atom is 0.224 e. The minimum atomic E-state index is -0.320. The molecular weight excluding hydrogens is 281 g/mol. The molecule has 0 atom stereocenters. The fourth-order valence-corrected chi connectivity index (χ4v) is 2.45. The zero-order valence-electron chi connectivity index (χ0n) is 12.2. The Kier molecular flexibility index (Phi) is 3.87. The topological polar surface area (TPSA) is 46.4 Å². The van der Waals surface area contributed by atoms with E-state index < -0.39 is 0 Å². The predicted molar refractivity (Wildman–Crippen MR) is 83.3 cm³/mol. The number of aryl methyl sites for hydroxylation is 2. The summed E-state index contributed by atoms with van der Waals surface area (Å²) in [7, 11) is 0. The first-order valence-electron chi connectivity index (χ1n) is 7.11. The molecule has 0 saturated carbocycles. The number of hydrogen-bond donors (Lipinski definition) is 1. The number of carbonyl (C=O) groups excluding carboxylic acids is 1. The summed E-state index contributed by atoms with van der Waals surface area (Å²) >= 11 is 0. The van der Waals surface area contributed by atoms with Gasteiger partial charge in [-0.15, -0.1) is 0 Å². The molecule has 1 aromatic carbocycles. The highest BCUT2D eigenvalue weighted by Crippen LogP contribution is 2.14. The van der Waals surface area contributed by atoms with Crippen LogP contribution < -0.4 is 5.32 Å². The lowest BCUT2D eigenvalue weighted by atomic mass is 10.2. The molecule has 112 valence electrons. The number of anilines is 1. The first kappa shape index (κ1) is 14.3. The normalized spacial score (nSPS) is 10.8. The van der Waals surface area contributed by atoms with Gasteiger partial charge in [0.25, 0.3) is 0 Å². The van der Waals surface area contributed by atoms with E-state index in [1.54, 1.807) is 12.1 Å².